The topological polar surface area (TPSA) is 61.6 Å². The van der Waals surface area contributed by atoms with Gasteiger partial charge in [0.2, 0.25) is 0 Å². The Balaban J connectivity index is 1.40. The van der Waals surface area contributed by atoms with Gasteiger partial charge in [0, 0.05) is 5.92 Å². The summed E-state index contributed by atoms with van der Waals surface area (Å²) in [5, 5.41) is 0. The van der Waals surface area contributed by atoms with Crippen LogP contribution in [-0.4, -0.2) is 51.3 Å². The zero-order valence-electron chi connectivity index (χ0n) is 22.8. The number of ether oxygens (including phenoxy) is 4. The van der Waals surface area contributed by atoms with E-state index >= 15 is 0 Å². The highest BCUT2D eigenvalue weighted by Gasteiger charge is 2.43. The summed E-state index contributed by atoms with van der Waals surface area (Å²) in [7, 11) is 3.38. The van der Waals surface area contributed by atoms with Gasteiger partial charge in [0.1, 0.15) is 30.1 Å². The van der Waals surface area contributed by atoms with Crippen molar-refractivity contribution >= 4 is 11.8 Å². The number of hydrogen-bond donors (Lipinski definition) is 0. The second-order valence-corrected chi connectivity index (χ2v) is 10.6. The van der Waals surface area contributed by atoms with Gasteiger partial charge < -0.3 is 18.9 Å². The van der Waals surface area contributed by atoms with Gasteiger partial charge in [-0.15, -0.1) is 0 Å². The average molecular weight is 513 g/mol. The molecule has 2 aliphatic heterocycles. The van der Waals surface area contributed by atoms with Crippen LogP contribution in [0.5, 0.6) is 11.5 Å². The first-order valence-electron chi connectivity index (χ1n) is 13.1. The van der Waals surface area contributed by atoms with Crippen molar-refractivity contribution in [3.63, 3.8) is 0 Å². The molecule has 0 fully saturated rings. The Morgan fingerprint density at radius 2 is 1.45 bits per heavy atom. The van der Waals surface area contributed by atoms with Gasteiger partial charge in [0.05, 0.1) is 26.3 Å². The lowest BCUT2D eigenvalue weighted by Crippen LogP contribution is -2.34. The van der Waals surface area contributed by atoms with Gasteiger partial charge in [-0.05, 0) is 68.1 Å². The lowest BCUT2D eigenvalue weighted by Gasteiger charge is -2.23. The fourth-order valence-corrected chi connectivity index (χ4v) is 5.26. The molecule has 0 saturated carbocycles. The molecule has 0 bridgehead atoms. The monoisotopic (exact) mass is 512 g/mol. The van der Waals surface area contributed by atoms with E-state index in [1.807, 2.05) is 24.3 Å². The zero-order chi connectivity index (χ0) is 26.7. The van der Waals surface area contributed by atoms with Crippen molar-refractivity contribution in [2.75, 3.05) is 27.4 Å². The van der Waals surface area contributed by atoms with Crippen molar-refractivity contribution in [2.45, 2.75) is 45.2 Å². The summed E-state index contributed by atoms with van der Waals surface area (Å²) in [5.74, 6) is 3.07. The van der Waals surface area contributed by atoms with E-state index < -0.39 is 5.41 Å². The maximum absolute atomic E-state index is 6.28. The van der Waals surface area contributed by atoms with Crippen LogP contribution in [0.15, 0.2) is 82.8 Å². The maximum Gasteiger partial charge on any atom is 0.199 e. The molecule has 3 unspecified atom stereocenters. The number of aryl methyl sites for hydroxylation is 1. The summed E-state index contributed by atoms with van der Waals surface area (Å²) in [6.07, 6.45) is 0.790. The Bertz CT molecular complexity index is 1350. The molecule has 0 amide bonds. The highest BCUT2D eigenvalue weighted by Crippen LogP contribution is 2.37. The molecule has 2 aliphatic rings. The molecule has 3 aromatic carbocycles. The van der Waals surface area contributed by atoms with E-state index in [9.17, 15) is 0 Å². The van der Waals surface area contributed by atoms with Crippen LogP contribution < -0.4 is 9.47 Å². The molecule has 38 heavy (non-hydrogen) atoms. The number of hydrogen-bond acceptors (Lipinski definition) is 6. The van der Waals surface area contributed by atoms with Crippen molar-refractivity contribution in [1.82, 2.24) is 0 Å². The highest BCUT2D eigenvalue weighted by atomic mass is 16.5. The summed E-state index contributed by atoms with van der Waals surface area (Å²) in [4.78, 5) is 10.1. The molecule has 198 valence electrons. The fraction of sp³-hybridized carbons (Fsp3) is 0.375. The predicted molar refractivity (Wildman–Crippen MR) is 151 cm³/mol. The molecule has 6 nitrogen and oxygen atoms in total. The molecular weight excluding hydrogens is 476 g/mol. The highest BCUT2D eigenvalue weighted by molar-refractivity contribution is 6.05. The Kier molecular flexibility index (Phi) is 7.41. The Morgan fingerprint density at radius 1 is 0.816 bits per heavy atom. The number of methoxy groups -OCH3 is 2. The van der Waals surface area contributed by atoms with Crippen molar-refractivity contribution in [2.24, 2.45) is 15.4 Å². The number of benzene rings is 3. The molecule has 2 heterocycles. The van der Waals surface area contributed by atoms with Crippen LogP contribution in [0.2, 0.25) is 0 Å². The summed E-state index contributed by atoms with van der Waals surface area (Å²) >= 11 is 0. The Labute approximate surface area is 225 Å². The normalized spacial score (nSPS) is 19.7. The van der Waals surface area contributed by atoms with Gasteiger partial charge >= 0.3 is 0 Å². The van der Waals surface area contributed by atoms with E-state index in [-0.39, 0.29) is 18.0 Å². The molecule has 5 rings (SSSR count). The first kappa shape index (κ1) is 25.8. The van der Waals surface area contributed by atoms with Gasteiger partial charge in [-0.2, -0.15) is 0 Å². The van der Waals surface area contributed by atoms with Crippen LogP contribution in [0.1, 0.15) is 42.0 Å². The SMILES string of the molecule is COc1cccc(CC2COC(C(C)(C)C3=NC(C(c4cccc(C)c4)c4cccc(OC)c4)CO3)=N2)c1. The summed E-state index contributed by atoms with van der Waals surface area (Å²) < 4.78 is 23.3. The third kappa shape index (κ3) is 5.40. The predicted octanol–water partition coefficient (Wildman–Crippen LogP) is 6.01. The molecule has 6 heteroatoms. The summed E-state index contributed by atoms with van der Waals surface area (Å²) in [5.41, 5.74) is 4.19. The van der Waals surface area contributed by atoms with Gasteiger partial charge in [-0.3, -0.25) is 0 Å². The molecule has 0 aliphatic carbocycles. The second kappa shape index (κ2) is 10.9. The van der Waals surface area contributed by atoms with E-state index in [0.29, 0.717) is 25.0 Å². The van der Waals surface area contributed by atoms with Crippen molar-refractivity contribution in [3.05, 3.63) is 95.1 Å². The molecule has 0 spiro atoms. The van der Waals surface area contributed by atoms with Crippen molar-refractivity contribution in [1.29, 1.82) is 0 Å². The molecule has 3 atom stereocenters. The van der Waals surface area contributed by atoms with Crippen LogP contribution in [0.25, 0.3) is 0 Å². The lowest BCUT2D eigenvalue weighted by molar-refractivity contribution is 0.261. The number of aliphatic imine (C=N–C) groups is 2. The zero-order valence-corrected chi connectivity index (χ0v) is 22.8. The van der Waals surface area contributed by atoms with Gasteiger partial charge in [0.15, 0.2) is 11.8 Å². The van der Waals surface area contributed by atoms with Crippen molar-refractivity contribution < 1.29 is 18.9 Å². The van der Waals surface area contributed by atoms with E-state index in [1.54, 1.807) is 14.2 Å². The Morgan fingerprint density at radius 3 is 2.18 bits per heavy atom. The van der Waals surface area contributed by atoms with E-state index in [0.717, 1.165) is 23.5 Å². The smallest absolute Gasteiger partial charge is 0.199 e. The first-order valence-corrected chi connectivity index (χ1v) is 13.1. The van der Waals surface area contributed by atoms with Crippen molar-refractivity contribution in [3.8, 4) is 11.5 Å². The third-order valence-corrected chi connectivity index (χ3v) is 7.30. The van der Waals surface area contributed by atoms with Crippen LogP contribution >= 0.6 is 0 Å². The fourth-order valence-electron chi connectivity index (χ4n) is 5.26. The van der Waals surface area contributed by atoms with E-state index in [1.165, 1.54) is 16.7 Å². The molecule has 3 aromatic rings. The molecule has 0 radical (unpaired) electrons. The van der Waals surface area contributed by atoms with Gasteiger partial charge in [-0.1, -0.05) is 54.1 Å². The minimum absolute atomic E-state index is 0.0329. The average Bonchev–Trinajstić information content (AvgIpc) is 3.60. The quantitative estimate of drug-likeness (QED) is 0.352. The number of nitrogens with zero attached hydrogens (tertiary/aromatic N) is 2. The molecule has 0 aromatic heterocycles. The van der Waals surface area contributed by atoms with Crippen LogP contribution in [-0.2, 0) is 15.9 Å². The second-order valence-electron chi connectivity index (χ2n) is 10.6. The standard InChI is InChI=1S/C32H36N2O4/c1-21-9-6-11-23(15-21)29(24-12-8-14-27(18-24)36-5)28-20-38-31(34-28)32(2,3)30-33-25(19-37-30)16-22-10-7-13-26(17-22)35-4/h6-15,17-18,25,28-29H,16,19-20H2,1-5H3. The van der Waals surface area contributed by atoms with Crippen LogP contribution in [0.3, 0.4) is 0 Å². The van der Waals surface area contributed by atoms with Crippen LogP contribution in [0, 0.1) is 12.3 Å². The van der Waals surface area contributed by atoms with E-state index in [4.69, 9.17) is 28.9 Å². The maximum atomic E-state index is 6.28. The lowest BCUT2D eigenvalue weighted by atomic mass is 9.85. The van der Waals surface area contributed by atoms with Gasteiger partial charge in [0.25, 0.3) is 0 Å². The van der Waals surface area contributed by atoms with Gasteiger partial charge in [-0.25, -0.2) is 9.98 Å². The van der Waals surface area contributed by atoms with E-state index in [2.05, 4.69) is 69.3 Å². The summed E-state index contributed by atoms with van der Waals surface area (Å²) in [6.45, 7) is 7.31. The Hall–Kier alpha value is -3.80. The minimum Gasteiger partial charge on any atom is -0.497 e. The molecular formula is C32H36N2O4. The molecule has 0 saturated heterocycles. The minimum atomic E-state index is -0.566. The first-order chi connectivity index (χ1) is 18.4. The molecule has 0 N–H and O–H groups in total. The van der Waals surface area contributed by atoms with Crippen LogP contribution in [0.4, 0.5) is 0 Å². The third-order valence-electron chi connectivity index (χ3n) is 7.30. The summed E-state index contributed by atoms with van der Waals surface area (Å²) in [6, 6.07) is 24.9. The number of rotatable bonds is 9. The largest absolute Gasteiger partial charge is 0.497 e.